The molecule has 0 aliphatic rings. The molecule has 0 radical (unpaired) electrons. The van der Waals surface area contributed by atoms with Gasteiger partial charge in [-0.2, -0.15) is 0 Å². The van der Waals surface area contributed by atoms with Crippen molar-refractivity contribution in [3.8, 4) is 0 Å². The van der Waals surface area contributed by atoms with Crippen LogP contribution in [0.5, 0.6) is 0 Å². The van der Waals surface area contributed by atoms with Gasteiger partial charge in [0.05, 0.1) is 47.9 Å². The number of ether oxygens (including phenoxy) is 1. The summed E-state index contributed by atoms with van der Waals surface area (Å²) in [6, 6.07) is 16.3. The molecule has 2 aromatic carbocycles. The minimum atomic E-state index is 0. The van der Waals surface area contributed by atoms with Crippen molar-refractivity contribution in [2.75, 3.05) is 13.2 Å². The first-order valence-electron chi connectivity index (χ1n) is 7.79. The number of hydrogen-bond acceptors (Lipinski definition) is 3. The maximum Gasteiger partial charge on any atom is 0.0959 e. The SMILES string of the molecule is O.c1ccc2c(c1)ncn2CCOCCn1cnc2ccccc21. The summed E-state index contributed by atoms with van der Waals surface area (Å²) in [4.78, 5) is 8.77. The van der Waals surface area contributed by atoms with Crippen LogP contribution in [0.3, 0.4) is 0 Å². The van der Waals surface area contributed by atoms with E-state index in [1.165, 1.54) is 0 Å². The van der Waals surface area contributed by atoms with Crippen LogP contribution in [0.4, 0.5) is 0 Å². The van der Waals surface area contributed by atoms with E-state index in [1.807, 2.05) is 49.1 Å². The highest BCUT2D eigenvalue weighted by atomic mass is 16.5. The topological polar surface area (TPSA) is 76.4 Å². The lowest BCUT2D eigenvalue weighted by Crippen LogP contribution is -2.09. The molecule has 124 valence electrons. The summed E-state index contributed by atoms with van der Waals surface area (Å²) in [5.74, 6) is 0. The van der Waals surface area contributed by atoms with Crippen molar-refractivity contribution in [3.63, 3.8) is 0 Å². The molecule has 24 heavy (non-hydrogen) atoms. The van der Waals surface area contributed by atoms with Gasteiger partial charge in [-0.15, -0.1) is 0 Å². The first kappa shape index (κ1) is 16.2. The van der Waals surface area contributed by atoms with Crippen molar-refractivity contribution < 1.29 is 10.2 Å². The first-order valence-corrected chi connectivity index (χ1v) is 7.79. The Labute approximate surface area is 139 Å². The number of aromatic nitrogens is 4. The Morgan fingerprint density at radius 3 is 1.67 bits per heavy atom. The highest BCUT2D eigenvalue weighted by Gasteiger charge is 2.02. The van der Waals surface area contributed by atoms with Gasteiger partial charge in [0, 0.05) is 13.1 Å². The summed E-state index contributed by atoms with van der Waals surface area (Å²) in [5.41, 5.74) is 4.35. The van der Waals surface area contributed by atoms with Crippen LogP contribution in [0.1, 0.15) is 0 Å². The van der Waals surface area contributed by atoms with Crippen LogP contribution in [0.2, 0.25) is 0 Å². The van der Waals surface area contributed by atoms with Crippen LogP contribution in [0, 0.1) is 0 Å². The summed E-state index contributed by atoms with van der Waals surface area (Å²) in [6.07, 6.45) is 3.74. The molecule has 2 aromatic heterocycles. The molecule has 0 bridgehead atoms. The zero-order chi connectivity index (χ0) is 15.5. The monoisotopic (exact) mass is 324 g/mol. The Balaban J connectivity index is 0.00000169. The standard InChI is InChI=1S/C18H18N4O.H2O/c1-3-7-17-15(5-1)19-13-21(17)9-11-23-12-10-22-14-20-16-6-2-4-8-18(16)22;/h1-8,13-14H,9-12H2;1H2. The molecular weight excluding hydrogens is 304 g/mol. The van der Waals surface area contributed by atoms with Gasteiger partial charge in [0.25, 0.3) is 0 Å². The average molecular weight is 324 g/mol. The fourth-order valence-corrected chi connectivity index (χ4v) is 2.80. The lowest BCUT2D eigenvalue weighted by molar-refractivity contribution is 0.120. The summed E-state index contributed by atoms with van der Waals surface area (Å²) in [7, 11) is 0. The fourth-order valence-electron chi connectivity index (χ4n) is 2.80. The Morgan fingerprint density at radius 2 is 1.17 bits per heavy atom. The van der Waals surface area contributed by atoms with Crippen molar-refractivity contribution in [2.24, 2.45) is 0 Å². The van der Waals surface area contributed by atoms with Crippen molar-refractivity contribution in [3.05, 3.63) is 61.2 Å². The predicted molar refractivity (Wildman–Crippen MR) is 93.9 cm³/mol. The Hall–Kier alpha value is -2.70. The summed E-state index contributed by atoms with van der Waals surface area (Å²) < 4.78 is 10.0. The first-order chi connectivity index (χ1) is 11.4. The minimum absolute atomic E-state index is 0. The molecule has 0 aliphatic heterocycles. The second-order valence-electron chi connectivity index (χ2n) is 5.47. The quantitative estimate of drug-likeness (QED) is 0.511. The van der Waals surface area contributed by atoms with Crippen LogP contribution >= 0.6 is 0 Å². The van der Waals surface area contributed by atoms with E-state index in [1.54, 1.807) is 0 Å². The van der Waals surface area contributed by atoms with E-state index in [4.69, 9.17) is 4.74 Å². The number of hydrogen-bond donors (Lipinski definition) is 0. The molecule has 0 saturated heterocycles. The molecule has 4 aromatic rings. The van der Waals surface area contributed by atoms with E-state index in [-0.39, 0.29) is 5.48 Å². The van der Waals surface area contributed by atoms with E-state index >= 15 is 0 Å². The van der Waals surface area contributed by atoms with Gasteiger partial charge < -0.3 is 19.3 Å². The third kappa shape index (κ3) is 3.15. The average Bonchev–Trinajstić information content (AvgIpc) is 3.19. The van der Waals surface area contributed by atoms with Crippen molar-refractivity contribution in [1.82, 2.24) is 19.1 Å². The van der Waals surface area contributed by atoms with Crippen LogP contribution in [-0.2, 0) is 17.8 Å². The van der Waals surface area contributed by atoms with E-state index in [2.05, 4.69) is 31.2 Å². The molecular formula is C18H20N4O2. The van der Waals surface area contributed by atoms with Crippen LogP contribution < -0.4 is 0 Å². The molecule has 0 aliphatic carbocycles. The molecule has 0 amide bonds. The molecule has 0 spiro atoms. The Kier molecular flexibility index (Phi) is 4.88. The number of rotatable bonds is 6. The van der Waals surface area contributed by atoms with Crippen molar-refractivity contribution in [1.29, 1.82) is 0 Å². The third-order valence-electron chi connectivity index (χ3n) is 4.01. The van der Waals surface area contributed by atoms with E-state index in [9.17, 15) is 0 Å². The lowest BCUT2D eigenvalue weighted by Gasteiger charge is -2.07. The molecule has 0 unspecified atom stereocenters. The largest absolute Gasteiger partial charge is 0.412 e. The minimum Gasteiger partial charge on any atom is -0.412 e. The molecule has 6 nitrogen and oxygen atoms in total. The number of imidazole rings is 2. The highest BCUT2D eigenvalue weighted by molar-refractivity contribution is 5.75. The molecule has 6 heteroatoms. The van der Waals surface area contributed by atoms with E-state index < -0.39 is 0 Å². The molecule has 0 saturated carbocycles. The summed E-state index contributed by atoms with van der Waals surface area (Å²) in [5, 5.41) is 0. The predicted octanol–water partition coefficient (Wildman–Crippen LogP) is 2.28. The van der Waals surface area contributed by atoms with Gasteiger partial charge in [-0.3, -0.25) is 0 Å². The fraction of sp³-hybridized carbons (Fsp3) is 0.222. The van der Waals surface area contributed by atoms with Crippen LogP contribution in [0.25, 0.3) is 22.1 Å². The smallest absolute Gasteiger partial charge is 0.0959 e. The van der Waals surface area contributed by atoms with Gasteiger partial charge in [-0.25, -0.2) is 9.97 Å². The number of para-hydroxylation sites is 4. The van der Waals surface area contributed by atoms with Gasteiger partial charge in [-0.1, -0.05) is 24.3 Å². The number of benzene rings is 2. The zero-order valence-electron chi connectivity index (χ0n) is 13.3. The molecule has 0 fully saturated rings. The van der Waals surface area contributed by atoms with E-state index in [0.29, 0.717) is 13.2 Å². The zero-order valence-corrected chi connectivity index (χ0v) is 13.3. The summed E-state index contributed by atoms with van der Waals surface area (Å²) in [6.45, 7) is 2.97. The lowest BCUT2D eigenvalue weighted by atomic mass is 10.3. The highest BCUT2D eigenvalue weighted by Crippen LogP contribution is 2.12. The molecule has 4 rings (SSSR count). The van der Waals surface area contributed by atoms with Crippen molar-refractivity contribution >= 4 is 22.1 Å². The van der Waals surface area contributed by atoms with E-state index in [0.717, 1.165) is 35.2 Å². The van der Waals surface area contributed by atoms with Crippen LogP contribution in [0.15, 0.2) is 61.2 Å². The second kappa shape index (κ2) is 7.25. The van der Waals surface area contributed by atoms with Crippen LogP contribution in [-0.4, -0.2) is 37.8 Å². The maximum atomic E-state index is 5.78. The van der Waals surface area contributed by atoms with Gasteiger partial charge in [0.2, 0.25) is 0 Å². The van der Waals surface area contributed by atoms with Gasteiger partial charge in [0.1, 0.15) is 0 Å². The molecule has 0 atom stereocenters. The van der Waals surface area contributed by atoms with Gasteiger partial charge in [0.15, 0.2) is 0 Å². The van der Waals surface area contributed by atoms with Gasteiger partial charge >= 0.3 is 0 Å². The molecule has 2 heterocycles. The normalized spacial score (nSPS) is 11.0. The van der Waals surface area contributed by atoms with Crippen molar-refractivity contribution in [2.45, 2.75) is 13.1 Å². The Bertz CT molecular complexity index is 853. The Morgan fingerprint density at radius 1 is 0.708 bits per heavy atom. The molecule has 2 N–H and O–H groups in total. The summed E-state index contributed by atoms with van der Waals surface area (Å²) >= 11 is 0. The van der Waals surface area contributed by atoms with Gasteiger partial charge in [-0.05, 0) is 24.3 Å². The third-order valence-corrected chi connectivity index (χ3v) is 4.01. The number of nitrogens with zero attached hydrogens (tertiary/aromatic N) is 4. The number of fused-ring (bicyclic) bond motifs is 2. The second-order valence-corrected chi connectivity index (χ2v) is 5.47. The maximum absolute atomic E-state index is 5.78.